The Balaban J connectivity index is 0.000000187. The Labute approximate surface area is 304 Å². The van der Waals surface area contributed by atoms with Crippen LogP contribution in [0.2, 0.25) is 0 Å². The van der Waals surface area contributed by atoms with E-state index < -0.39 is 0 Å². The molecule has 12 nitrogen and oxygen atoms in total. The standard InChI is InChI=1S/C23H28N6O.C17H18N4O/c1-5-16-10-17(22(12-24)29-9-8-18(14-29)30-4)6-7-20(16)28(3)23-11-21-19(13-25-23)26-15-27(21)2;1-4-13-7-12(10-22)5-6-15(13)21(3)17-8-16-14(9-18-17)19-11-20(16)2/h6-7,10-11,13,15,18,22H,5,8-9,14H2,1-4H3;5-11H,4H2,1-3H3/t18-,22?;/m1./s1. The number of rotatable bonds is 10. The smallest absolute Gasteiger partial charge is 0.150 e. The number of hydrogen-bond acceptors (Lipinski definition) is 10. The number of likely N-dealkylation sites (tertiary alicyclic amines) is 1. The maximum Gasteiger partial charge on any atom is 0.150 e. The number of carbonyl (C=O) groups is 1. The number of fused-ring (bicyclic) bond motifs is 2. The van der Waals surface area contributed by atoms with Crippen LogP contribution in [0, 0.1) is 11.3 Å². The highest BCUT2D eigenvalue weighted by Crippen LogP contribution is 2.33. The van der Waals surface area contributed by atoms with Gasteiger partial charge in [0, 0.05) is 77.5 Å². The van der Waals surface area contributed by atoms with Crippen LogP contribution in [0.1, 0.15) is 53.4 Å². The van der Waals surface area contributed by atoms with Crippen molar-refractivity contribution in [2.24, 2.45) is 14.1 Å². The highest BCUT2D eigenvalue weighted by atomic mass is 16.5. The first-order valence-electron chi connectivity index (χ1n) is 17.6. The van der Waals surface area contributed by atoms with Gasteiger partial charge in [0.05, 0.1) is 48.3 Å². The minimum absolute atomic E-state index is 0.213. The summed E-state index contributed by atoms with van der Waals surface area (Å²) in [6.45, 7) is 5.91. The van der Waals surface area contributed by atoms with Crippen molar-refractivity contribution < 1.29 is 9.53 Å². The lowest BCUT2D eigenvalue weighted by atomic mass is 10.00. The molecule has 0 bridgehead atoms. The summed E-state index contributed by atoms with van der Waals surface area (Å²) >= 11 is 0. The molecule has 2 aromatic carbocycles. The van der Waals surface area contributed by atoms with Crippen molar-refractivity contribution in [1.29, 1.82) is 5.26 Å². The Morgan fingerprint density at radius 1 is 0.865 bits per heavy atom. The van der Waals surface area contributed by atoms with E-state index in [1.807, 2.05) is 72.7 Å². The van der Waals surface area contributed by atoms with Crippen molar-refractivity contribution in [3.63, 3.8) is 0 Å². The maximum absolute atomic E-state index is 10.9. The number of nitrogens with zero attached hydrogens (tertiary/aromatic N) is 10. The topological polar surface area (TPSA) is 121 Å². The summed E-state index contributed by atoms with van der Waals surface area (Å²) in [6, 6.07) is 18.4. The molecule has 0 amide bonds. The van der Waals surface area contributed by atoms with E-state index in [0.29, 0.717) is 5.56 Å². The van der Waals surface area contributed by atoms with Gasteiger partial charge in [0.1, 0.15) is 35.0 Å². The molecule has 1 fully saturated rings. The van der Waals surface area contributed by atoms with Gasteiger partial charge >= 0.3 is 0 Å². The van der Waals surface area contributed by atoms with Crippen LogP contribution in [0.4, 0.5) is 23.0 Å². The first-order valence-corrected chi connectivity index (χ1v) is 17.6. The fraction of sp³-hybridized carbons (Fsp3) is 0.350. The molecular formula is C40H46N10O2. The number of imidazole rings is 2. The average Bonchev–Trinajstić information content (AvgIpc) is 3.92. The summed E-state index contributed by atoms with van der Waals surface area (Å²) in [5.74, 6) is 1.72. The minimum Gasteiger partial charge on any atom is -0.380 e. The van der Waals surface area contributed by atoms with Crippen molar-refractivity contribution in [3.05, 3.63) is 95.8 Å². The number of anilines is 4. The zero-order valence-electron chi connectivity index (χ0n) is 31.0. The Hall–Kier alpha value is -5.64. The Morgan fingerprint density at radius 3 is 1.92 bits per heavy atom. The molecule has 1 saturated heterocycles. The Morgan fingerprint density at radius 2 is 1.42 bits per heavy atom. The summed E-state index contributed by atoms with van der Waals surface area (Å²) in [6.07, 6.45) is 11.0. The second kappa shape index (κ2) is 15.7. The molecule has 268 valence electrons. The van der Waals surface area contributed by atoms with Crippen molar-refractivity contribution in [1.82, 2.24) is 34.0 Å². The molecular weight excluding hydrogens is 653 g/mol. The summed E-state index contributed by atoms with van der Waals surface area (Å²) in [5.41, 5.74) is 10.1. The molecule has 2 atom stereocenters. The molecule has 7 rings (SSSR count). The van der Waals surface area contributed by atoms with Crippen LogP contribution in [0.5, 0.6) is 0 Å². The second-order valence-electron chi connectivity index (χ2n) is 13.2. The van der Waals surface area contributed by atoms with Gasteiger partial charge in [-0.15, -0.1) is 0 Å². The van der Waals surface area contributed by atoms with Crippen molar-refractivity contribution in [2.75, 3.05) is 44.1 Å². The molecule has 0 saturated carbocycles. The highest BCUT2D eigenvalue weighted by molar-refractivity contribution is 5.81. The van der Waals surface area contributed by atoms with Crippen LogP contribution >= 0.6 is 0 Å². The van der Waals surface area contributed by atoms with E-state index in [-0.39, 0.29) is 12.1 Å². The van der Waals surface area contributed by atoms with Crippen molar-refractivity contribution in [2.45, 2.75) is 45.3 Å². The molecule has 5 heterocycles. The van der Waals surface area contributed by atoms with Gasteiger partial charge in [-0.1, -0.05) is 26.0 Å². The SMILES string of the molecule is CCc1cc(C(C#N)N2CC[C@@H](OC)C2)ccc1N(C)c1cc2c(cn1)ncn2C.CCc1cc(C=O)ccc1N(C)c1cc2c(cn1)ncn2C. The molecule has 0 radical (unpaired) electrons. The fourth-order valence-electron chi connectivity index (χ4n) is 6.88. The lowest BCUT2D eigenvalue weighted by Gasteiger charge is -2.25. The normalized spacial score (nSPS) is 14.9. The quantitative estimate of drug-likeness (QED) is 0.143. The third-order valence-corrected chi connectivity index (χ3v) is 10.0. The molecule has 0 N–H and O–H groups in total. The summed E-state index contributed by atoms with van der Waals surface area (Å²) in [5, 5.41) is 9.86. The highest BCUT2D eigenvalue weighted by Gasteiger charge is 2.29. The number of hydrogen-bond donors (Lipinski definition) is 0. The van der Waals surface area contributed by atoms with Crippen molar-refractivity contribution in [3.8, 4) is 6.07 Å². The van der Waals surface area contributed by atoms with E-state index in [1.54, 1.807) is 26.0 Å². The molecule has 1 aliphatic heterocycles. The molecule has 0 spiro atoms. The molecule has 1 aliphatic rings. The monoisotopic (exact) mass is 698 g/mol. The predicted octanol–water partition coefficient (Wildman–Crippen LogP) is 6.70. The number of aldehydes is 1. The number of aromatic nitrogens is 6. The van der Waals surface area contributed by atoms with Crippen LogP contribution in [0.15, 0.2) is 73.6 Å². The van der Waals surface area contributed by atoms with Crippen molar-refractivity contribution >= 4 is 51.4 Å². The van der Waals surface area contributed by atoms with Gasteiger partial charge in [0.2, 0.25) is 0 Å². The summed E-state index contributed by atoms with van der Waals surface area (Å²) in [7, 11) is 9.71. The van der Waals surface area contributed by atoms with Crippen LogP contribution < -0.4 is 9.80 Å². The molecule has 4 aromatic heterocycles. The fourth-order valence-corrected chi connectivity index (χ4v) is 6.88. The lowest BCUT2D eigenvalue weighted by Crippen LogP contribution is -2.27. The first kappa shape index (κ1) is 36.2. The molecule has 1 unspecified atom stereocenters. The number of ether oxygens (including phenoxy) is 1. The Bertz CT molecular complexity index is 2240. The molecule has 0 aliphatic carbocycles. The van der Waals surface area contributed by atoms with E-state index >= 15 is 0 Å². The summed E-state index contributed by atoms with van der Waals surface area (Å²) in [4.78, 5) is 35.0. The van der Waals surface area contributed by atoms with E-state index in [9.17, 15) is 10.1 Å². The van der Waals surface area contributed by atoms with Gasteiger partial charge in [-0.05, 0) is 60.2 Å². The number of pyridine rings is 2. The van der Waals surface area contributed by atoms with E-state index in [4.69, 9.17) is 4.74 Å². The zero-order valence-corrected chi connectivity index (χ0v) is 31.0. The van der Waals surface area contributed by atoms with E-state index in [1.165, 1.54) is 5.56 Å². The third-order valence-electron chi connectivity index (χ3n) is 10.0. The number of methoxy groups -OCH3 is 1. The molecule has 52 heavy (non-hydrogen) atoms. The third kappa shape index (κ3) is 7.24. The van der Waals surface area contributed by atoms with Gasteiger partial charge in [-0.25, -0.2) is 19.9 Å². The number of aryl methyl sites for hydroxylation is 4. The largest absolute Gasteiger partial charge is 0.380 e. The average molecular weight is 699 g/mol. The zero-order chi connectivity index (χ0) is 36.9. The van der Waals surface area contributed by atoms with Gasteiger partial charge in [-0.3, -0.25) is 9.69 Å². The predicted molar refractivity (Wildman–Crippen MR) is 206 cm³/mol. The number of carbonyl (C=O) groups excluding carboxylic acids is 1. The Kier molecular flexibility index (Phi) is 10.9. The number of benzene rings is 2. The van der Waals surface area contributed by atoms with Crippen LogP contribution in [0.25, 0.3) is 22.1 Å². The molecule has 12 heteroatoms. The van der Waals surface area contributed by atoms with Crippen LogP contribution in [-0.4, -0.2) is 80.7 Å². The van der Waals surface area contributed by atoms with E-state index in [2.05, 4.69) is 73.9 Å². The van der Waals surface area contributed by atoms with Crippen LogP contribution in [0.3, 0.4) is 0 Å². The first-order chi connectivity index (χ1) is 25.2. The lowest BCUT2D eigenvalue weighted by molar-refractivity contribution is 0.105. The van der Waals surface area contributed by atoms with Crippen LogP contribution in [-0.2, 0) is 31.7 Å². The molecule has 6 aromatic rings. The van der Waals surface area contributed by atoms with Gasteiger partial charge < -0.3 is 23.7 Å². The summed E-state index contributed by atoms with van der Waals surface area (Å²) < 4.78 is 9.45. The minimum atomic E-state index is -0.251. The maximum atomic E-state index is 10.9. The second-order valence-corrected chi connectivity index (χ2v) is 13.2. The van der Waals surface area contributed by atoms with Gasteiger partial charge in [-0.2, -0.15) is 5.26 Å². The van der Waals surface area contributed by atoms with E-state index in [0.717, 1.165) is 94.8 Å². The van der Waals surface area contributed by atoms with Gasteiger partial charge in [0.25, 0.3) is 0 Å². The number of nitriles is 1. The van der Waals surface area contributed by atoms with Gasteiger partial charge in [0.15, 0.2) is 0 Å².